The number of hydrogen-bond donors (Lipinski definition) is 2. The van der Waals surface area contributed by atoms with Crippen molar-refractivity contribution in [2.24, 2.45) is 11.8 Å². The van der Waals surface area contributed by atoms with Crippen molar-refractivity contribution in [1.82, 2.24) is 5.32 Å². The van der Waals surface area contributed by atoms with Crippen LogP contribution in [0, 0.1) is 11.8 Å². The van der Waals surface area contributed by atoms with Gasteiger partial charge in [0.1, 0.15) is 0 Å². The van der Waals surface area contributed by atoms with Crippen LogP contribution in [0.5, 0.6) is 0 Å². The number of carboxylic acid groups (broad SMARTS) is 1. The van der Waals surface area contributed by atoms with Gasteiger partial charge >= 0.3 is 18.0 Å². The first-order valence-electron chi connectivity index (χ1n) is 7.53. The minimum atomic E-state index is -1.02. The number of ether oxygens (including phenoxy) is 2. The predicted octanol–water partition coefficient (Wildman–Crippen LogP) is 2.54. The van der Waals surface area contributed by atoms with Gasteiger partial charge in [-0.1, -0.05) is 33.6 Å². The van der Waals surface area contributed by atoms with Gasteiger partial charge in [-0.05, 0) is 11.8 Å². The Bertz CT molecular complexity index is 384. The molecule has 0 aromatic heterocycles. The van der Waals surface area contributed by atoms with Crippen LogP contribution in [0.4, 0.5) is 4.79 Å². The average Bonchev–Trinajstić information content (AvgIpc) is 2.35. The maximum absolute atomic E-state index is 11.8. The summed E-state index contributed by atoms with van der Waals surface area (Å²) in [6, 6.07) is -0.545. The topological polar surface area (TPSA) is 102 Å². The van der Waals surface area contributed by atoms with E-state index in [1.807, 2.05) is 13.8 Å². The molecular formula is C15H27NO6. The highest BCUT2D eigenvalue weighted by Crippen LogP contribution is 2.22. The largest absolute Gasteiger partial charge is 0.481 e. The van der Waals surface area contributed by atoms with Crippen LogP contribution in [0.15, 0.2) is 0 Å². The molecule has 1 amide bonds. The number of esters is 1. The smallest absolute Gasteiger partial charge is 0.410 e. The van der Waals surface area contributed by atoms with E-state index in [0.29, 0.717) is 0 Å². The summed E-state index contributed by atoms with van der Waals surface area (Å²) in [6.07, 6.45) is -0.0782. The zero-order valence-corrected chi connectivity index (χ0v) is 13.9. The van der Waals surface area contributed by atoms with E-state index in [-0.39, 0.29) is 18.3 Å². The number of hydrogen-bond acceptors (Lipinski definition) is 5. The number of amides is 1. The minimum Gasteiger partial charge on any atom is -0.481 e. The van der Waals surface area contributed by atoms with Gasteiger partial charge < -0.3 is 19.9 Å². The summed E-state index contributed by atoms with van der Waals surface area (Å²) in [7, 11) is 0. The van der Waals surface area contributed by atoms with Crippen molar-refractivity contribution in [2.75, 3.05) is 0 Å². The van der Waals surface area contributed by atoms with Gasteiger partial charge in [0.05, 0.1) is 6.42 Å². The second-order valence-electron chi connectivity index (χ2n) is 5.56. The maximum Gasteiger partial charge on any atom is 0.410 e. The first-order chi connectivity index (χ1) is 10.2. The van der Waals surface area contributed by atoms with Crippen LogP contribution in [0.3, 0.4) is 0 Å². The van der Waals surface area contributed by atoms with Gasteiger partial charge in [-0.2, -0.15) is 0 Å². The summed E-state index contributed by atoms with van der Waals surface area (Å²) < 4.78 is 9.57. The highest BCUT2D eigenvalue weighted by molar-refractivity contribution is 5.71. The standard InChI is InChI=1S/C15H27NO6/c1-6-7-9(2)10(3)13(8-14(18)19)16-15(20)22-12(5)21-11(4)17/h9-10,12-13H,6-8H2,1-5H3,(H,16,20)(H,18,19)/t9-,10-,12+,13+/m1/s1. The molecule has 0 saturated heterocycles. The van der Waals surface area contributed by atoms with Gasteiger partial charge in [-0.15, -0.1) is 0 Å². The maximum atomic E-state index is 11.8. The lowest BCUT2D eigenvalue weighted by Crippen LogP contribution is -2.44. The fourth-order valence-electron chi connectivity index (χ4n) is 2.27. The molecule has 0 aliphatic rings. The molecule has 2 N–H and O–H groups in total. The van der Waals surface area contributed by atoms with E-state index in [1.165, 1.54) is 13.8 Å². The third-order valence-corrected chi connectivity index (χ3v) is 3.58. The molecule has 0 fully saturated rings. The van der Waals surface area contributed by atoms with Gasteiger partial charge in [0, 0.05) is 19.9 Å². The second-order valence-corrected chi connectivity index (χ2v) is 5.56. The molecule has 0 aliphatic carbocycles. The molecule has 128 valence electrons. The molecule has 7 nitrogen and oxygen atoms in total. The van der Waals surface area contributed by atoms with Crippen LogP contribution in [0.25, 0.3) is 0 Å². The zero-order chi connectivity index (χ0) is 17.3. The first kappa shape index (κ1) is 20.2. The average molecular weight is 317 g/mol. The van der Waals surface area contributed by atoms with Gasteiger partial charge in [0.2, 0.25) is 6.29 Å². The van der Waals surface area contributed by atoms with Crippen molar-refractivity contribution in [3.8, 4) is 0 Å². The molecule has 0 radical (unpaired) electrons. The van der Waals surface area contributed by atoms with E-state index in [0.717, 1.165) is 12.8 Å². The Hall–Kier alpha value is -1.79. The zero-order valence-electron chi connectivity index (χ0n) is 13.9. The number of carboxylic acids is 1. The van der Waals surface area contributed by atoms with Crippen LogP contribution in [-0.2, 0) is 19.1 Å². The Morgan fingerprint density at radius 3 is 2.18 bits per heavy atom. The third kappa shape index (κ3) is 8.49. The van der Waals surface area contributed by atoms with Crippen molar-refractivity contribution < 1.29 is 29.0 Å². The summed E-state index contributed by atoms with van der Waals surface area (Å²) in [5, 5.41) is 11.6. The summed E-state index contributed by atoms with van der Waals surface area (Å²) in [4.78, 5) is 33.5. The SMILES string of the molecule is CCC[C@@H](C)[C@@H](C)[C@H](CC(=O)O)NC(=O)O[C@@H](C)OC(C)=O. The number of aliphatic carboxylic acids is 1. The van der Waals surface area contributed by atoms with Crippen molar-refractivity contribution in [3.63, 3.8) is 0 Å². The Labute approximate surface area is 131 Å². The number of rotatable bonds is 9. The lowest BCUT2D eigenvalue weighted by atomic mass is 9.84. The lowest BCUT2D eigenvalue weighted by Gasteiger charge is -2.28. The monoisotopic (exact) mass is 317 g/mol. The van der Waals surface area contributed by atoms with E-state index in [2.05, 4.69) is 12.2 Å². The Kier molecular flexibility index (Phi) is 9.21. The number of nitrogens with one attached hydrogen (secondary N) is 1. The van der Waals surface area contributed by atoms with E-state index < -0.39 is 30.4 Å². The van der Waals surface area contributed by atoms with Crippen molar-refractivity contribution >= 4 is 18.0 Å². The molecule has 0 rings (SSSR count). The fourth-order valence-corrected chi connectivity index (χ4v) is 2.27. The molecule has 22 heavy (non-hydrogen) atoms. The molecular weight excluding hydrogens is 290 g/mol. The Morgan fingerprint density at radius 2 is 1.73 bits per heavy atom. The van der Waals surface area contributed by atoms with Crippen molar-refractivity contribution in [1.29, 1.82) is 0 Å². The van der Waals surface area contributed by atoms with Crippen molar-refractivity contribution in [2.45, 2.75) is 66.2 Å². The second kappa shape index (κ2) is 10.0. The molecule has 4 atom stereocenters. The third-order valence-electron chi connectivity index (χ3n) is 3.58. The molecule has 0 heterocycles. The van der Waals surface area contributed by atoms with Crippen LogP contribution in [0.1, 0.15) is 53.9 Å². The Balaban J connectivity index is 4.66. The Morgan fingerprint density at radius 1 is 1.14 bits per heavy atom. The van der Waals surface area contributed by atoms with Crippen molar-refractivity contribution in [3.05, 3.63) is 0 Å². The first-order valence-corrected chi connectivity index (χ1v) is 7.53. The quantitative estimate of drug-likeness (QED) is 0.500. The molecule has 0 aromatic carbocycles. The molecule has 0 unspecified atom stereocenters. The molecule has 0 spiro atoms. The number of carbonyl (C=O) groups is 3. The van der Waals surface area contributed by atoms with E-state index in [4.69, 9.17) is 14.6 Å². The predicted molar refractivity (Wildman–Crippen MR) is 80.1 cm³/mol. The van der Waals surface area contributed by atoms with Gasteiger partial charge in [0.25, 0.3) is 0 Å². The summed E-state index contributed by atoms with van der Waals surface area (Å²) in [5.41, 5.74) is 0. The summed E-state index contributed by atoms with van der Waals surface area (Å²) in [6.45, 7) is 8.61. The van der Waals surface area contributed by atoms with E-state index in [9.17, 15) is 14.4 Å². The number of carbonyl (C=O) groups excluding carboxylic acids is 2. The fraction of sp³-hybridized carbons (Fsp3) is 0.800. The van der Waals surface area contributed by atoms with Gasteiger partial charge in [-0.3, -0.25) is 9.59 Å². The highest BCUT2D eigenvalue weighted by Gasteiger charge is 2.27. The normalized spacial score (nSPS) is 16.0. The van der Waals surface area contributed by atoms with Crippen LogP contribution < -0.4 is 5.32 Å². The molecule has 0 bridgehead atoms. The molecule has 7 heteroatoms. The summed E-state index contributed by atoms with van der Waals surface area (Å²) in [5.74, 6) is -1.31. The van der Waals surface area contributed by atoms with Gasteiger partial charge in [0.15, 0.2) is 0 Å². The van der Waals surface area contributed by atoms with E-state index >= 15 is 0 Å². The summed E-state index contributed by atoms with van der Waals surface area (Å²) >= 11 is 0. The van der Waals surface area contributed by atoms with Crippen LogP contribution in [-0.4, -0.2) is 35.5 Å². The molecule has 0 aliphatic heterocycles. The van der Waals surface area contributed by atoms with Crippen LogP contribution in [0.2, 0.25) is 0 Å². The number of alkyl carbamates (subject to hydrolysis) is 1. The van der Waals surface area contributed by atoms with E-state index in [1.54, 1.807) is 0 Å². The lowest BCUT2D eigenvalue weighted by molar-refractivity contribution is -0.162. The molecule has 0 saturated carbocycles. The minimum absolute atomic E-state index is 0.0207. The highest BCUT2D eigenvalue weighted by atomic mass is 16.7. The molecule has 0 aromatic rings. The van der Waals surface area contributed by atoms with Crippen LogP contribution >= 0.6 is 0 Å². The van der Waals surface area contributed by atoms with Gasteiger partial charge in [-0.25, -0.2) is 4.79 Å².